The first kappa shape index (κ1) is 26.4. The summed E-state index contributed by atoms with van der Waals surface area (Å²) >= 11 is 0. The summed E-state index contributed by atoms with van der Waals surface area (Å²) in [6.45, 7) is 13.3. The molecule has 2 aromatic carbocycles. The van der Waals surface area contributed by atoms with Crippen LogP contribution in [-0.2, 0) is 18.7 Å². The fraction of sp³-hybridized carbons (Fsp3) is 0.500. The van der Waals surface area contributed by atoms with Gasteiger partial charge in [-0.15, -0.1) is 0 Å². The fourth-order valence-corrected chi connectivity index (χ4v) is 11.4. The van der Waals surface area contributed by atoms with Crippen molar-refractivity contribution in [2.75, 3.05) is 6.61 Å². The number of carbonyl (C=O) groups excluding carboxylic acids is 2. The molecule has 0 aliphatic carbocycles. The smallest absolute Gasteiger partial charge is 0.411 e. The molecule has 2 heterocycles. The second-order valence-electron chi connectivity index (χ2n) is 10.6. The summed E-state index contributed by atoms with van der Waals surface area (Å²) in [6.07, 6.45) is -2.13. The lowest BCUT2D eigenvalue weighted by molar-refractivity contribution is -0.198. The van der Waals surface area contributed by atoms with Crippen LogP contribution in [0.4, 0.5) is 4.79 Å². The van der Waals surface area contributed by atoms with Gasteiger partial charge in [0.25, 0.3) is 0 Å². The van der Waals surface area contributed by atoms with Crippen LogP contribution in [0.1, 0.15) is 64.8 Å². The molecule has 36 heavy (non-hydrogen) atoms. The highest BCUT2D eigenvalue weighted by Crippen LogP contribution is 2.45. The van der Waals surface area contributed by atoms with Crippen LogP contribution in [-0.4, -0.2) is 44.3 Å². The van der Waals surface area contributed by atoms with Gasteiger partial charge in [-0.3, -0.25) is 9.69 Å². The van der Waals surface area contributed by atoms with Crippen molar-refractivity contribution < 1.29 is 23.5 Å². The van der Waals surface area contributed by atoms with Gasteiger partial charge in [-0.25, -0.2) is 4.79 Å². The highest BCUT2D eigenvalue weighted by molar-refractivity contribution is 6.77. The highest BCUT2D eigenvalue weighted by atomic mass is 28.4. The summed E-state index contributed by atoms with van der Waals surface area (Å²) in [7, 11) is -2.35. The molecule has 2 aliphatic heterocycles. The molecule has 4 atom stereocenters. The molecule has 2 unspecified atom stereocenters. The minimum atomic E-state index is -2.35. The SMILES string of the molecule is CC(C)[Si](O[C@@H]1NC(=O)C(N2C(=O)OC[C@@H]2c2ccccc2)C(c2ccccc2)O1)(C(C)C)C(C)C. The number of ether oxygens (including phenoxy) is 2. The molecule has 194 valence electrons. The molecular formula is C28H38N2O5Si. The van der Waals surface area contributed by atoms with Gasteiger partial charge in [-0.05, 0) is 27.8 Å². The molecule has 8 heteroatoms. The molecule has 0 spiro atoms. The van der Waals surface area contributed by atoms with Crippen molar-refractivity contribution >= 4 is 20.3 Å². The van der Waals surface area contributed by atoms with E-state index in [-0.39, 0.29) is 12.5 Å². The van der Waals surface area contributed by atoms with Crippen LogP contribution < -0.4 is 5.32 Å². The molecule has 7 nitrogen and oxygen atoms in total. The van der Waals surface area contributed by atoms with E-state index in [0.717, 1.165) is 11.1 Å². The largest absolute Gasteiger partial charge is 0.447 e. The Bertz CT molecular complexity index is 1020. The van der Waals surface area contributed by atoms with E-state index >= 15 is 0 Å². The minimum absolute atomic E-state index is 0.179. The number of cyclic esters (lactones) is 1. The molecule has 0 saturated carbocycles. The predicted molar refractivity (Wildman–Crippen MR) is 140 cm³/mol. The van der Waals surface area contributed by atoms with E-state index in [1.54, 1.807) is 0 Å². The number of hydrogen-bond donors (Lipinski definition) is 1. The van der Waals surface area contributed by atoms with Gasteiger partial charge in [0, 0.05) is 0 Å². The third-order valence-electron chi connectivity index (χ3n) is 7.63. The van der Waals surface area contributed by atoms with Crippen molar-refractivity contribution in [3.63, 3.8) is 0 Å². The van der Waals surface area contributed by atoms with E-state index in [1.807, 2.05) is 60.7 Å². The lowest BCUT2D eigenvalue weighted by Crippen LogP contribution is -2.63. The number of nitrogens with zero attached hydrogens (tertiary/aromatic N) is 1. The average Bonchev–Trinajstić information content (AvgIpc) is 3.23. The Kier molecular flexibility index (Phi) is 7.87. The summed E-state index contributed by atoms with van der Waals surface area (Å²) in [4.78, 5) is 28.3. The summed E-state index contributed by atoms with van der Waals surface area (Å²) < 4.78 is 18.8. The first-order valence-corrected chi connectivity index (χ1v) is 15.0. The zero-order valence-electron chi connectivity index (χ0n) is 22.0. The molecule has 1 N–H and O–H groups in total. The van der Waals surface area contributed by atoms with Gasteiger partial charge in [-0.2, -0.15) is 0 Å². The summed E-state index contributed by atoms with van der Waals surface area (Å²) in [6, 6.07) is 17.9. The van der Waals surface area contributed by atoms with Crippen LogP contribution in [0, 0.1) is 0 Å². The Hall–Kier alpha value is -2.68. The number of benzene rings is 2. The van der Waals surface area contributed by atoms with Crippen molar-refractivity contribution in [1.29, 1.82) is 0 Å². The van der Waals surface area contributed by atoms with Crippen LogP contribution in [0.2, 0.25) is 16.6 Å². The first-order valence-electron chi connectivity index (χ1n) is 12.9. The maximum atomic E-state index is 13.8. The lowest BCUT2D eigenvalue weighted by atomic mass is 9.96. The van der Waals surface area contributed by atoms with Gasteiger partial charge in [0.05, 0.1) is 6.04 Å². The predicted octanol–water partition coefficient (Wildman–Crippen LogP) is 5.91. The monoisotopic (exact) mass is 510 g/mol. The highest BCUT2D eigenvalue weighted by Gasteiger charge is 2.53. The number of hydrogen-bond acceptors (Lipinski definition) is 5. The maximum Gasteiger partial charge on any atom is 0.411 e. The Morgan fingerprint density at radius 2 is 1.39 bits per heavy atom. The van der Waals surface area contributed by atoms with Crippen molar-refractivity contribution in [3.05, 3.63) is 71.8 Å². The topological polar surface area (TPSA) is 77.1 Å². The fourth-order valence-electron chi connectivity index (χ4n) is 6.08. The van der Waals surface area contributed by atoms with Crippen LogP contribution in [0.25, 0.3) is 0 Å². The van der Waals surface area contributed by atoms with Crippen molar-refractivity contribution in [3.8, 4) is 0 Å². The second-order valence-corrected chi connectivity index (χ2v) is 16.0. The second kappa shape index (κ2) is 10.7. The third-order valence-corrected chi connectivity index (χ3v) is 13.7. The van der Waals surface area contributed by atoms with Crippen LogP contribution >= 0.6 is 0 Å². The summed E-state index contributed by atoms with van der Waals surface area (Å²) in [5.74, 6) is -0.306. The van der Waals surface area contributed by atoms with Crippen molar-refractivity contribution in [2.45, 2.75) is 82.8 Å². The molecule has 0 bridgehead atoms. The zero-order chi connectivity index (χ0) is 26.0. The van der Waals surface area contributed by atoms with E-state index in [0.29, 0.717) is 16.6 Å². The summed E-state index contributed by atoms with van der Waals surface area (Å²) in [5, 5.41) is 2.96. The van der Waals surface area contributed by atoms with E-state index in [4.69, 9.17) is 13.9 Å². The Balaban J connectivity index is 1.71. The van der Waals surface area contributed by atoms with Gasteiger partial charge in [-0.1, -0.05) is 102 Å². The normalized spacial score (nSPS) is 25.0. The maximum absolute atomic E-state index is 13.8. The van der Waals surface area contributed by atoms with E-state index in [2.05, 4.69) is 46.9 Å². The molecule has 2 fully saturated rings. The van der Waals surface area contributed by atoms with Crippen LogP contribution in [0.3, 0.4) is 0 Å². The molecule has 2 saturated heterocycles. The molecule has 4 rings (SSSR count). The van der Waals surface area contributed by atoms with E-state index in [9.17, 15) is 9.59 Å². The van der Waals surface area contributed by atoms with Crippen molar-refractivity contribution in [1.82, 2.24) is 10.2 Å². The Morgan fingerprint density at radius 1 is 0.861 bits per heavy atom. The third kappa shape index (κ3) is 4.82. The molecular weight excluding hydrogens is 472 g/mol. The van der Waals surface area contributed by atoms with Crippen LogP contribution in [0.15, 0.2) is 60.7 Å². The molecule has 0 radical (unpaired) electrons. The average molecular weight is 511 g/mol. The number of rotatable bonds is 8. The van der Waals surface area contributed by atoms with Gasteiger partial charge < -0.3 is 19.2 Å². The molecule has 2 aliphatic rings. The minimum Gasteiger partial charge on any atom is -0.447 e. The number of carbonyl (C=O) groups is 2. The molecule has 0 aromatic heterocycles. The molecule has 2 amide bonds. The van der Waals surface area contributed by atoms with Gasteiger partial charge in [0.1, 0.15) is 18.8 Å². The standard InChI is InChI=1S/C28H38N2O5Si/c1-18(2)36(19(3)4,20(5)6)35-27-29-26(31)24(25(34-27)22-15-11-8-12-16-22)30-23(17-33-28(30)32)21-13-9-7-10-14-21/h7-16,18-20,23-25,27H,17H2,1-6H3,(H,29,31)/t23-,24?,25?,27-/m1/s1. The van der Waals surface area contributed by atoms with Gasteiger partial charge in [0.2, 0.25) is 20.6 Å². The van der Waals surface area contributed by atoms with Gasteiger partial charge >= 0.3 is 6.09 Å². The van der Waals surface area contributed by atoms with E-state index in [1.165, 1.54) is 4.90 Å². The lowest BCUT2D eigenvalue weighted by Gasteiger charge is -2.47. The van der Waals surface area contributed by atoms with E-state index < -0.39 is 39.0 Å². The zero-order valence-corrected chi connectivity index (χ0v) is 23.0. The number of nitrogens with one attached hydrogen (secondary N) is 1. The van der Waals surface area contributed by atoms with Crippen molar-refractivity contribution in [2.24, 2.45) is 0 Å². The Labute approximate surface area is 215 Å². The summed E-state index contributed by atoms with van der Waals surface area (Å²) in [5.41, 5.74) is 2.68. The first-order chi connectivity index (χ1) is 17.2. The van der Waals surface area contributed by atoms with Crippen LogP contribution in [0.5, 0.6) is 0 Å². The quantitative estimate of drug-likeness (QED) is 0.447. The Morgan fingerprint density at radius 3 is 1.92 bits per heavy atom. The number of amides is 2. The molecule has 2 aromatic rings. The van der Waals surface area contributed by atoms with Gasteiger partial charge in [0.15, 0.2) is 0 Å².